The molecule has 0 amide bonds. The van der Waals surface area contributed by atoms with Gasteiger partial charge in [0.05, 0.1) is 7.11 Å². The summed E-state index contributed by atoms with van der Waals surface area (Å²) in [5.41, 5.74) is 1.24. The Morgan fingerprint density at radius 3 is 2.33 bits per heavy atom. The maximum Gasteiger partial charge on any atom is 0.212 e. The lowest BCUT2D eigenvalue weighted by Gasteiger charge is -2.04. The highest BCUT2D eigenvalue weighted by Gasteiger charge is 1.98. The zero-order valence-corrected chi connectivity index (χ0v) is 7.16. The summed E-state index contributed by atoms with van der Waals surface area (Å²) in [5, 5.41) is 0. The van der Waals surface area contributed by atoms with Crippen LogP contribution in [0.3, 0.4) is 0 Å². The molecule has 0 aliphatic heterocycles. The van der Waals surface area contributed by atoms with E-state index < -0.39 is 0 Å². The van der Waals surface area contributed by atoms with Gasteiger partial charge in [-0.3, -0.25) is 0 Å². The number of rotatable bonds is 2. The summed E-state index contributed by atoms with van der Waals surface area (Å²) in [5.74, 6) is 1.21. The summed E-state index contributed by atoms with van der Waals surface area (Å²) >= 11 is 0. The largest absolute Gasteiger partial charge is 0.481 e. The van der Waals surface area contributed by atoms with Gasteiger partial charge >= 0.3 is 0 Å². The van der Waals surface area contributed by atoms with E-state index in [9.17, 15) is 0 Å². The van der Waals surface area contributed by atoms with E-state index in [4.69, 9.17) is 4.74 Å². The number of ether oxygens (including phenoxy) is 1. The zero-order valence-electron chi connectivity index (χ0n) is 7.16. The number of aromatic nitrogens is 1. The summed E-state index contributed by atoms with van der Waals surface area (Å²) in [6, 6.07) is 3.92. The van der Waals surface area contributed by atoms with Crippen molar-refractivity contribution in [2.24, 2.45) is 0 Å². The van der Waals surface area contributed by atoms with Crippen molar-refractivity contribution in [2.45, 2.75) is 27.2 Å². The van der Waals surface area contributed by atoms with Crippen LogP contribution in [0.4, 0.5) is 0 Å². The molecule has 0 aromatic carbocycles. The van der Waals surface area contributed by atoms with Crippen molar-refractivity contribution in [2.75, 3.05) is 7.11 Å². The quantitative estimate of drug-likeness (QED) is 0.675. The Labute approximate surface area is 74.6 Å². The van der Waals surface area contributed by atoms with E-state index in [-0.39, 0.29) is 7.43 Å². The van der Waals surface area contributed by atoms with E-state index in [1.165, 1.54) is 5.56 Å². The van der Waals surface area contributed by atoms with Crippen LogP contribution < -0.4 is 4.74 Å². The fourth-order valence-corrected chi connectivity index (χ4v) is 0.854. The van der Waals surface area contributed by atoms with Gasteiger partial charge < -0.3 is 4.74 Å². The molecule has 0 radical (unpaired) electrons. The van der Waals surface area contributed by atoms with Gasteiger partial charge in [-0.25, -0.2) is 4.98 Å². The van der Waals surface area contributed by atoms with Crippen LogP contribution in [0.1, 0.15) is 32.8 Å². The van der Waals surface area contributed by atoms with E-state index in [1.54, 1.807) is 7.11 Å². The Kier molecular flexibility index (Phi) is 4.34. The molecule has 2 nitrogen and oxygen atoms in total. The summed E-state index contributed by atoms with van der Waals surface area (Å²) in [7, 11) is 1.62. The van der Waals surface area contributed by atoms with Crippen molar-refractivity contribution in [1.29, 1.82) is 0 Å². The van der Waals surface area contributed by atoms with E-state index in [1.807, 2.05) is 18.3 Å². The van der Waals surface area contributed by atoms with Crippen molar-refractivity contribution >= 4 is 0 Å². The number of methoxy groups -OCH3 is 1. The molecule has 1 rings (SSSR count). The Balaban J connectivity index is 0.00000121. The van der Waals surface area contributed by atoms with Crippen LogP contribution in [0.5, 0.6) is 5.88 Å². The number of pyridine rings is 1. The maximum absolute atomic E-state index is 4.94. The third kappa shape index (κ3) is 2.53. The molecule has 0 unspecified atom stereocenters. The second-order valence-electron chi connectivity index (χ2n) is 2.79. The normalized spacial score (nSPS) is 9.33. The number of hydrogen-bond donors (Lipinski definition) is 0. The van der Waals surface area contributed by atoms with Gasteiger partial charge in [0, 0.05) is 12.3 Å². The van der Waals surface area contributed by atoms with Crippen LogP contribution in [-0.2, 0) is 0 Å². The fraction of sp³-hybridized carbons (Fsp3) is 0.500. The first-order valence-electron chi connectivity index (χ1n) is 3.74. The van der Waals surface area contributed by atoms with Gasteiger partial charge in [-0.05, 0) is 11.5 Å². The first-order chi connectivity index (χ1) is 5.24. The van der Waals surface area contributed by atoms with Crippen LogP contribution in [0.25, 0.3) is 0 Å². The van der Waals surface area contributed by atoms with Gasteiger partial charge in [0.2, 0.25) is 5.88 Å². The molecule has 68 valence electrons. The summed E-state index contributed by atoms with van der Waals surface area (Å²) in [6.45, 7) is 4.28. The number of nitrogens with zero attached hydrogens (tertiary/aromatic N) is 1. The average molecular weight is 167 g/mol. The van der Waals surface area contributed by atoms with Gasteiger partial charge in [0.1, 0.15) is 0 Å². The molecule has 0 aliphatic carbocycles. The highest BCUT2D eigenvalue weighted by molar-refractivity contribution is 5.19. The van der Waals surface area contributed by atoms with Crippen LogP contribution in [0, 0.1) is 0 Å². The van der Waals surface area contributed by atoms with Gasteiger partial charge in [0.25, 0.3) is 0 Å². The Morgan fingerprint density at radius 2 is 2.00 bits per heavy atom. The van der Waals surface area contributed by atoms with Crippen LogP contribution in [0.2, 0.25) is 0 Å². The average Bonchev–Trinajstić information content (AvgIpc) is 2.05. The van der Waals surface area contributed by atoms with E-state index in [0.29, 0.717) is 11.8 Å². The smallest absolute Gasteiger partial charge is 0.212 e. The van der Waals surface area contributed by atoms with Crippen molar-refractivity contribution in [3.05, 3.63) is 23.9 Å². The zero-order chi connectivity index (χ0) is 8.27. The standard InChI is InChI=1S/C9H13NO.CH4/c1-7(2)8-4-5-9(11-3)10-6-8;/h4-7H,1-3H3;1H4. The minimum atomic E-state index is 0. The molecule has 0 saturated carbocycles. The molecule has 2 heteroatoms. The van der Waals surface area contributed by atoms with Crippen molar-refractivity contribution in [1.82, 2.24) is 4.98 Å². The lowest BCUT2D eigenvalue weighted by molar-refractivity contribution is 0.397. The predicted octanol–water partition coefficient (Wildman–Crippen LogP) is 2.85. The van der Waals surface area contributed by atoms with Crippen LogP contribution in [-0.4, -0.2) is 12.1 Å². The molecule has 12 heavy (non-hydrogen) atoms. The van der Waals surface area contributed by atoms with Crippen LogP contribution >= 0.6 is 0 Å². The number of hydrogen-bond acceptors (Lipinski definition) is 2. The second-order valence-corrected chi connectivity index (χ2v) is 2.79. The summed E-state index contributed by atoms with van der Waals surface area (Å²) in [6.07, 6.45) is 1.85. The molecule has 1 heterocycles. The monoisotopic (exact) mass is 167 g/mol. The minimum absolute atomic E-state index is 0. The minimum Gasteiger partial charge on any atom is -0.481 e. The highest BCUT2D eigenvalue weighted by atomic mass is 16.5. The lowest BCUT2D eigenvalue weighted by atomic mass is 10.1. The van der Waals surface area contributed by atoms with Crippen molar-refractivity contribution in [3.63, 3.8) is 0 Å². The SMILES string of the molecule is C.COc1ccc(C(C)C)cn1. The molecule has 0 bridgehead atoms. The molecule has 0 saturated heterocycles. The third-order valence-electron chi connectivity index (χ3n) is 1.64. The molecule has 0 atom stereocenters. The Bertz CT molecular complexity index is 216. The summed E-state index contributed by atoms with van der Waals surface area (Å²) in [4.78, 5) is 4.10. The first kappa shape index (κ1) is 11.0. The van der Waals surface area contributed by atoms with E-state index in [2.05, 4.69) is 18.8 Å². The van der Waals surface area contributed by atoms with Crippen molar-refractivity contribution < 1.29 is 4.74 Å². The van der Waals surface area contributed by atoms with Gasteiger partial charge in [-0.1, -0.05) is 27.3 Å². The predicted molar refractivity (Wildman–Crippen MR) is 51.6 cm³/mol. The first-order valence-corrected chi connectivity index (χ1v) is 3.74. The third-order valence-corrected chi connectivity index (χ3v) is 1.64. The molecule has 0 aliphatic rings. The Hall–Kier alpha value is -1.05. The van der Waals surface area contributed by atoms with Gasteiger partial charge in [0.15, 0.2) is 0 Å². The maximum atomic E-state index is 4.94. The molecule has 1 aromatic heterocycles. The second kappa shape index (κ2) is 4.75. The summed E-state index contributed by atoms with van der Waals surface area (Å²) < 4.78 is 4.94. The highest BCUT2D eigenvalue weighted by Crippen LogP contribution is 2.14. The van der Waals surface area contributed by atoms with E-state index in [0.717, 1.165) is 0 Å². The molecule has 0 fully saturated rings. The fourth-order valence-electron chi connectivity index (χ4n) is 0.854. The molecule has 0 spiro atoms. The van der Waals surface area contributed by atoms with Gasteiger partial charge in [-0.2, -0.15) is 0 Å². The molecule has 1 aromatic rings. The van der Waals surface area contributed by atoms with Gasteiger partial charge in [-0.15, -0.1) is 0 Å². The molecule has 0 N–H and O–H groups in total. The molecular weight excluding hydrogens is 150 g/mol. The lowest BCUT2D eigenvalue weighted by Crippen LogP contribution is -1.91. The Morgan fingerprint density at radius 1 is 1.33 bits per heavy atom. The molecular formula is C10H17NO. The van der Waals surface area contributed by atoms with Crippen LogP contribution in [0.15, 0.2) is 18.3 Å². The van der Waals surface area contributed by atoms with Crippen molar-refractivity contribution in [3.8, 4) is 5.88 Å². The topological polar surface area (TPSA) is 22.1 Å². The van der Waals surface area contributed by atoms with E-state index >= 15 is 0 Å².